The summed E-state index contributed by atoms with van der Waals surface area (Å²) in [5.41, 5.74) is 1.65. The number of carbonyl (C=O) groups is 1. The second-order valence-corrected chi connectivity index (χ2v) is 6.04. The first-order valence-corrected chi connectivity index (χ1v) is 9.04. The summed E-state index contributed by atoms with van der Waals surface area (Å²) in [6.45, 7) is 2.61. The Morgan fingerprint density at radius 3 is 2.45 bits per heavy atom. The van der Waals surface area contributed by atoms with E-state index in [1.807, 2.05) is 19.1 Å². The van der Waals surface area contributed by atoms with Crippen molar-refractivity contribution in [1.82, 2.24) is 4.98 Å². The summed E-state index contributed by atoms with van der Waals surface area (Å²) in [6.07, 6.45) is 3.38. The van der Waals surface area contributed by atoms with Crippen molar-refractivity contribution in [2.45, 2.75) is 13.5 Å². The van der Waals surface area contributed by atoms with Crippen LogP contribution in [0.2, 0.25) is 0 Å². The predicted octanol–water partition coefficient (Wildman–Crippen LogP) is 4.46. The number of aromatic nitrogens is 1. The molecule has 0 radical (unpaired) electrons. The summed E-state index contributed by atoms with van der Waals surface area (Å²) in [6, 6.07) is 12.8. The Bertz CT molecular complexity index is 980. The summed E-state index contributed by atoms with van der Waals surface area (Å²) in [5.74, 6) is 0.138. The highest BCUT2D eigenvalue weighted by Gasteiger charge is 2.13. The van der Waals surface area contributed by atoms with Crippen LogP contribution >= 0.6 is 0 Å². The Morgan fingerprint density at radius 2 is 1.76 bits per heavy atom. The van der Waals surface area contributed by atoms with Crippen LogP contribution in [0.5, 0.6) is 17.2 Å². The van der Waals surface area contributed by atoms with Crippen molar-refractivity contribution in [3.8, 4) is 17.2 Å². The van der Waals surface area contributed by atoms with E-state index in [0.29, 0.717) is 36.0 Å². The molecule has 6 nitrogen and oxygen atoms in total. The SMILES string of the molecule is CCOc1cc(C(=O)Nc2ccc(OC)c(F)c2)ccc1OCc1ccncc1. The first kappa shape index (κ1) is 20.1. The standard InChI is InChI=1S/C22H21FN2O4/c1-3-28-21-12-16(4-6-20(21)29-14-15-8-10-24-11-9-15)22(26)25-17-5-7-19(27-2)18(23)13-17/h4-13H,3,14H2,1-2H3,(H,25,26). The van der Waals surface area contributed by atoms with Crippen molar-refractivity contribution in [1.29, 1.82) is 0 Å². The van der Waals surface area contributed by atoms with Gasteiger partial charge in [-0.05, 0) is 55.0 Å². The van der Waals surface area contributed by atoms with Crippen molar-refractivity contribution < 1.29 is 23.4 Å². The van der Waals surface area contributed by atoms with Crippen molar-refractivity contribution in [2.24, 2.45) is 0 Å². The van der Waals surface area contributed by atoms with E-state index in [4.69, 9.17) is 14.2 Å². The zero-order valence-corrected chi connectivity index (χ0v) is 16.1. The lowest BCUT2D eigenvalue weighted by atomic mass is 10.1. The maximum Gasteiger partial charge on any atom is 0.255 e. The van der Waals surface area contributed by atoms with Crippen LogP contribution in [0.1, 0.15) is 22.8 Å². The number of methoxy groups -OCH3 is 1. The number of ether oxygens (including phenoxy) is 3. The van der Waals surface area contributed by atoms with Gasteiger partial charge in [-0.1, -0.05) is 0 Å². The quantitative estimate of drug-likeness (QED) is 0.609. The molecule has 7 heteroatoms. The first-order valence-electron chi connectivity index (χ1n) is 9.04. The molecule has 0 aliphatic carbocycles. The molecule has 3 rings (SSSR count). The van der Waals surface area contributed by atoms with Gasteiger partial charge in [-0.2, -0.15) is 0 Å². The number of hydrogen-bond acceptors (Lipinski definition) is 5. The van der Waals surface area contributed by atoms with Crippen molar-refractivity contribution in [3.63, 3.8) is 0 Å². The van der Waals surface area contributed by atoms with E-state index in [-0.39, 0.29) is 5.75 Å². The van der Waals surface area contributed by atoms with E-state index < -0.39 is 11.7 Å². The van der Waals surface area contributed by atoms with E-state index in [9.17, 15) is 9.18 Å². The second kappa shape index (κ2) is 9.54. The Labute approximate surface area is 168 Å². The molecule has 1 amide bonds. The number of halogens is 1. The summed E-state index contributed by atoms with van der Waals surface area (Å²) in [7, 11) is 1.38. The molecule has 0 aliphatic rings. The van der Waals surface area contributed by atoms with Crippen LogP contribution in [0.25, 0.3) is 0 Å². The third-order valence-electron chi connectivity index (χ3n) is 4.06. The molecule has 0 unspecified atom stereocenters. The Kier molecular flexibility index (Phi) is 6.63. The summed E-state index contributed by atoms with van der Waals surface area (Å²) >= 11 is 0. The molecule has 2 aromatic carbocycles. The monoisotopic (exact) mass is 396 g/mol. The molecule has 0 spiro atoms. The molecule has 1 N–H and O–H groups in total. The molecule has 0 atom stereocenters. The normalized spacial score (nSPS) is 10.3. The van der Waals surface area contributed by atoms with Gasteiger partial charge in [0.15, 0.2) is 23.1 Å². The number of carbonyl (C=O) groups excluding carboxylic acids is 1. The van der Waals surface area contributed by atoms with E-state index in [1.54, 1.807) is 36.7 Å². The maximum atomic E-state index is 13.8. The molecule has 0 aliphatic heterocycles. The largest absolute Gasteiger partial charge is 0.494 e. The van der Waals surface area contributed by atoms with Crippen LogP contribution in [0.15, 0.2) is 60.9 Å². The lowest BCUT2D eigenvalue weighted by Gasteiger charge is -2.14. The number of hydrogen-bond donors (Lipinski definition) is 1. The number of benzene rings is 2. The molecule has 0 saturated carbocycles. The van der Waals surface area contributed by atoms with Gasteiger partial charge in [0.1, 0.15) is 6.61 Å². The van der Waals surface area contributed by atoms with Crippen molar-refractivity contribution in [2.75, 3.05) is 19.0 Å². The van der Waals surface area contributed by atoms with Crippen molar-refractivity contribution >= 4 is 11.6 Å². The van der Waals surface area contributed by atoms with E-state index >= 15 is 0 Å². The Balaban J connectivity index is 1.74. The van der Waals surface area contributed by atoms with Crippen LogP contribution in [-0.2, 0) is 6.61 Å². The van der Waals surface area contributed by atoms with Crippen LogP contribution in [0.4, 0.5) is 10.1 Å². The zero-order chi connectivity index (χ0) is 20.6. The van der Waals surface area contributed by atoms with Gasteiger partial charge in [0.2, 0.25) is 0 Å². The number of rotatable bonds is 8. The first-order chi connectivity index (χ1) is 14.1. The highest BCUT2D eigenvalue weighted by Crippen LogP contribution is 2.30. The molecule has 0 saturated heterocycles. The predicted molar refractivity (Wildman–Crippen MR) is 107 cm³/mol. The van der Waals surface area contributed by atoms with Gasteiger partial charge in [0.05, 0.1) is 13.7 Å². The van der Waals surface area contributed by atoms with Crippen LogP contribution in [-0.4, -0.2) is 24.6 Å². The van der Waals surface area contributed by atoms with Crippen molar-refractivity contribution in [3.05, 3.63) is 77.9 Å². The zero-order valence-electron chi connectivity index (χ0n) is 16.1. The van der Waals surface area contributed by atoms with Gasteiger partial charge < -0.3 is 19.5 Å². The average Bonchev–Trinajstić information content (AvgIpc) is 2.74. The fraction of sp³-hybridized carbons (Fsp3) is 0.182. The fourth-order valence-electron chi connectivity index (χ4n) is 2.62. The minimum absolute atomic E-state index is 0.109. The van der Waals surface area contributed by atoms with Crippen LogP contribution in [0.3, 0.4) is 0 Å². The summed E-state index contributed by atoms with van der Waals surface area (Å²) < 4.78 is 30.2. The smallest absolute Gasteiger partial charge is 0.255 e. The van der Waals surface area contributed by atoms with E-state index in [2.05, 4.69) is 10.3 Å². The number of anilines is 1. The number of pyridine rings is 1. The van der Waals surface area contributed by atoms with Crippen LogP contribution in [0, 0.1) is 5.82 Å². The molecule has 3 aromatic rings. The lowest BCUT2D eigenvalue weighted by Crippen LogP contribution is -2.12. The van der Waals surface area contributed by atoms with Gasteiger partial charge in [-0.15, -0.1) is 0 Å². The fourth-order valence-corrected chi connectivity index (χ4v) is 2.62. The molecular formula is C22H21FN2O4. The molecule has 150 valence electrons. The average molecular weight is 396 g/mol. The van der Waals surface area contributed by atoms with Gasteiger partial charge in [-0.25, -0.2) is 4.39 Å². The lowest BCUT2D eigenvalue weighted by molar-refractivity contribution is 0.102. The molecule has 0 bridgehead atoms. The van der Waals surface area contributed by atoms with Gasteiger partial charge in [0.25, 0.3) is 5.91 Å². The molecule has 1 aromatic heterocycles. The third kappa shape index (κ3) is 5.22. The van der Waals surface area contributed by atoms with Gasteiger partial charge >= 0.3 is 0 Å². The van der Waals surface area contributed by atoms with E-state index in [1.165, 1.54) is 19.2 Å². The Hall–Kier alpha value is -3.61. The number of nitrogens with zero attached hydrogens (tertiary/aromatic N) is 1. The van der Waals surface area contributed by atoms with Gasteiger partial charge in [0, 0.05) is 29.7 Å². The summed E-state index contributed by atoms with van der Waals surface area (Å²) in [4.78, 5) is 16.5. The van der Waals surface area contributed by atoms with Gasteiger partial charge in [-0.3, -0.25) is 9.78 Å². The number of amides is 1. The molecule has 29 heavy (non-hydrogen) atoms. The number of nitrogens with one attached hydrogen (secondary N) is 1. The maximum absolute atomic E-state index is 13.8. The van der Waals surface area contributed by atoms with Crippen LogP contribution < -0.4 is 19.5 Å². The summed E-state index contributed by atoms with van der Waals surface area (Å²) in [5, 5.41) is 2.66. The molecule has 0 fully saturated rings. The topological polar surface area (TPSA) is 69.7 Å². The minimum Gasteiger partial charge on any atom is -0.494 e. The second-order valence-electron chi connectivity index (χ2n) is 6.04. The van der Waals surface area contributed by atoms with E-state index in [0.717, 1.165) is 5.56 Å². The molecular weight excluding hydrogens is 375 g/mol. The molecule has 1 heterocycles. The minimum atomic E-state index is -0.555. The third-order valence-corrected chi connectivity index (χ3v) is 4.06. The highest BCUT2D eigenvalue weighted by molar-refractivity contribution is 6.04. The highest BCUT2D eigenvalue weighted by atomic mass is 19.1. The Morgan fingerprint density at radius 1 is 1.00 bits per heavy atom.